The lowest BCUT2D eigenvalue weighted by atomic mass is 9.91. The van der Waals surface area contributed by atoms with E-state index in [0.29, 0.717) is 24.2 Å². The van der Waals surface area contributed by atoms with Crippen molar-refractivity contribution in [3.05, 3.63) is 34.4 Å². The molecule has 0 saturated heterocycles. The minimum absolute atomic E-state index is 0.284. The van der Waals surface area contributed by atoms with E-state index < -0.39 is 5.97 Å². The van der Waals surface area contributed by atoms with E-state index >= 15 is 0 Å². The molecule has 0 aromatic rings. The van der Waals surface area contributed by atoms with Crippen LogP contribution in [0, 0.1) is 5.92 Å². The molecule has 0 aromatic heterocycles. The van der Waals surface area contributed by atoms with E-state index in [-0.39, 0.29) is 11.9 Å². The molecular formula is C22H36O4. The van der Waals surface area contributed by atoms with Crippen LogP contribution in [0.5, 0.6) is 0 Å². The fraction of sp³-hybridized carbons (Fsp3) is 0.636. The minimum atomic E-state index is -0.904. The van der Waals surface area contributed by atoms with Gasteiger partial charge in [-0.3, -0.25) is 0 Å². The largest absolute Gasteiger partial charge is 0.478 e. The van der Waals surface area contributed by atoms with Crippen LogP contribution in [0.3, 0.4) is 0 Å². The van der Waals surface area contributed by atoms with Crippen LogP contribution in [-0.2, 0) is 14.3 Å². The highest BCUT2D eigenvalue weighted by Crippen LogP contribution is 2.24. The molecule has 0 radical (unpaired) electrons. The Morgan fingerprint density at radius 3 is 2.23 bits per heavy atom. The van der Waals surface area contributed by atoms with Gasteiger partial charge in [0.05, 0.1) is 6.61 Å². The van der Waals surface area contributed by atoms with Gasteiger partial charge in [-0.15, -0.1) is 0 Å². The predicted octanol–water partition coefficient (Wildman–Crippen LogP) is 5.84. The monoisotopic (exact) mass is 364 g/mol. The van der Waals surface area contributed by atoms with Gasteiger partial charge < -0.3 is 9.84 Å². The highest BCUT2D eigenvalue weighted by molar-refractivity contribution is 5.91. The van der Waals surface area contributed by atoms with E-state index in [1.807, 2.05) is 27.7 Å². The van der Waals surface area contributed by atoms with E-state index in [1.54, 1.807) is 13.0 Å². The number of carbonyl (C=O) groups is 2. The molecule has 0 rings (SSSR count). The zero-order valence-electron chi connectivity index (χ0n) is 17.4. The van der Waals surface area contributed by atoms with Crippen molar-refractivity contribution in [2.45, 2.75) is 80.1 Å². The maximum absolute atomic E-state index is 12.5. The van der Waals surface area contributed by atoms with Crippen molar-refractivity contribution >= 4 is 11.9 Å². The predicted molar refractivity (Wildman–Crippen MR) is 107 cm³/mol. The highest BCUT2D eigenvalue weighted by Gasteiger charge is 2.21. The third-order valence-corrected chi connectivity index (χ3v) is 4.26. The second-order valence-electron chi connectivity index (χ2n) is 6.98. The van der Waals surface area contributed by atoms with E-state index in [9.17, 15) is 14.7 Å². The number of hydrogen-bond acceptors (Lipinski definition) is 3. The SMILES string of the molecule is CCCCC/C(=C\C(C)C(C(=O)OCC)=C(C)CCC=C(C)C)C(=O)O. The van der Waals surface area contributed by atoms with Gasteiger partial charge in [-0.25, -0.2) is 9.59 Å². The number of aliphatic carboxylic acids is 1. The first-order valence-electron chi connectivity index (χ1n) is 9.68. The molecule has 1 N–H and O–H groups in total. The lowest BCUT2D eigenvalue weighted by molar-refractivity contribution is -0.139. The Kier molecular flexibility index (Phi) is 12.4. The molecule has 0 fully saturated rings. The number of rotatable bonds is 12. The molecule has 4 heteroatoms. The number of hydrogen-bond donors (Lipinski definition) is 1. The Morgan fingerprint density at radius 1 is 1.08 bits per heavy atom. The van der Waals surface area contributed by atoms with E-state index in [1.165, 1.54) is 5.57 Å². The Morgan fingerprint density at radius 2 is 1.73 bits per heavy atom. The summed E-state index contributed by atoms with van der Waals surface area (Å²) >= 11 is 0. The van der Waals surface area contributed by atoms with Gasteiger partial charge in [0.15, 0.2) is 0 Å². The van der Waals surface area contributed by atoms with Gasteiger partial charge in [0.25, 0.3) is 0 Å². The molecule has 148 valence electrons. The maximum Gasteiger partial charge on any atom is 0.334 e. The molecule has 0 saturated carbocycles. The minimum Gasteiger partial charge on any atom is -0.478 e. The second-order valence-corrected chi connectivity index (χ2v) is 6.98. The molecule has 0 aliphatic rings. The molecular weight excluding hydrogens is 328 g/mol. The normalized spacial score (nSPS) is 13.7. The summed E-state index contributed by atoms with van der Waals surface area (Å²) in [5, 5.41) is 9.48. The van der Waals surface area contributed by atoms with Crippen LogP contribution in [0.4, 0.5) is 0 Å². The molecule has 4 nitrogen and oxygen atoms in total. The Bertz CT molecular complexity index is 548. The summed E-state index contributed by atoms with van der Waals surface area (Å²) in [4.78, 5) is 24.0. The zero-order chi connectivity index (χ0) is 20.1. The van der Waals surface area contributed by atoms with Gasteiger partial charge >= 0.3 is 11.9 Å². The standard InChI is InChI=1S/C22H36O4/c1-7-9-10-14-19(21(23)24)15-18(6)20(22(25)26-8-2)17(5)13-11-12-16(3)4/h12,15,18H,7-11,13-14H2,1-6H3,(H,23,24)/b19-15+,20-17?. The van der Waals surface area contributed by atoms with Crippen LogP contribution in [0.25, 0.3) is 0 Å². The van der Waals surface area contributed by atoms with Gasteiger partial charge in [0, 0.05) is 17.1 Å². The molecule has 0 bridgehead atoms. The molecule has 0 spiro atoms. The van der Waals surface area contributed by atoms with Crippen LogP contribution in [-0.4, -0.2) is 23.7 Å². The molecule has 26 heavy (non-hydrogen) atoms. The van der Waals surface area contributed by atoms with E-state index in [0.717, 1.165) is 37.7 Å². The van der Waals surface area contributed by atoms with Crippen LogP contribution in [0.2, 0.25) is 0 Å². The Labute approximate surface area is 159 Å². The Hall–Kier alpha value is -1.84. The summed E-state index contributed by atoms with van der Waals surface area (Å²) in [7, 11) is 0. The summed E-state index contributed by atoms with van der Waals surface area (Å²) in [5.41, 5.74) is 3.17. The molecule has 0 aliphatic heterocycles. The number of allylic oxidation sites excluding steroid dienone is 4. The summed E-state index contributed by atoms with van der Waals surface area (Å²) in [6.07, 6.45) is 8.89. The lowest BCUT2D eigenvalue weighted by Gasteiger charge is -2.16. The van der Waals surface area contributed by atoms with Crippen molar-refractivity contribution in [3.63, 3.8) is 0 Å². The number of carbonyl (C=O) groups excluding carboxylic acids is 1. The number of ether oxygens (including phenoxy) is 1. The van der Waals surface area contributed by atoms with Crippen LogP contribution in [0.1, 0.15) is 80.1 Å². The van der Waals surface area contributed by atoms with E-state index in [4.69, 9.17) is 4.74 Å². The van der Waals surface area contributed by atoms with Gasteiger partial charge in [0.1, 0.15) is 0 Å². The third-order valence-electron chi connectivity index (χ3n) is 4.26. The third kappa shape index (κ3) is 9.59. The lowest BCUT2D eigenvalue weighted by Crippen LogP contribution is -2.16. The van der Waals surface area contributed by atoms with Crippen molar-refractivity contribution in [3.8, 4) is 0 Å². The molecule has 0 amide bonds. The number of esters is 1. The van der Waals surface area contributed by atoms with Gasteiger partial charge in [-0.2, -0.15) is 0 Å². The van der Waals surface area contributed by atoms with Crippen molar-refractivity contribution in [1.29, 1.82) is 0 Å². The fourth-order valence-corrected chi connectivity index (χ4v) is 2.88. The maximum atomic E-state index is 12.5. The quantitative estimate of drug-likeness (QED) is 0.204. The number of unbranched alkanes of at least 4 members (excludes halogenated alkanes) is 2. The average molecular weight is 365 g/mol. The number of carboxylic acids is 1. The van der Waals surface area contributed by atoms with Crippen molar-refractivity contribution in [2.24, 2.45) is 5.92 Å². The first-order chi connectivity index (χ1) is 12.2. The van der Waals surface area contributed by atoms with Crippen LogP contribution >= 0.6 is 0 Å². The average Bonchev–Trinajstić information content (AvgIpc) is 2.54. The molecule has 1 atom stereocenters. The molecule has 1 unspecified atom stereocenters. The first-order valence-corrected chi connectivity index (χ1v) is 9.68. The summed E-state index contributed by atoms with van der Waals surface area (Å²) in [6.45, 7) is 12.1. The van der Waals surface area contributed by atoms with Crippen molar-refractivity contribution in [2.75, 3.05) is 6.61 Å². The molecule has 0 aromatic carbocycles. The van der Waals surface area contributed by atoms with Crippen LogP contribution < -0.4 is 0 Å². The summed E-state index contributed by atoms with van der Waals surface area (Å²) < 4.78 is 5.23. The molecule has 0 aliphatic carbocycles. The van der Waals surface area contributed by atoms with Gasteiger partial charge in [0.2, 0.25) is 0 Å². The highest BCUT2D eigenvalue weighted by atomic mass is 16.5. The zero-order valence-corrected chi connectivity index (χ0v) is 17.4. The topological polar surface area (TPSA) is 63.6 Å². The van der Waals surface area contributed by atoms with Crippen molar-refractivity contribution < 1.29 is 19.4 Å². The Balaban J connectivity index is 5.56. The summed E-state index contributed by atoms with van der Waals surface area (Å²) in [6, 6.07) is 0. The first kappa shape index (κ1) is 24.2. The second kappa shape index (κ2) is 13.4. The van der Waals surface area contributed by atoms with Crippen LogP contribution in [0.15, 0.2) is 34.4 Å². The molecule has 0 heterocycles. The van der Waals surface area contributed by atoms with Gasteiger partial charge in [-0.1, -0.05) is 50.0 Å². The van der Waals surface area contributed by atoms with E-state index in [2.05, 4.69) is 13.0 Å². The fourth-order valence-electron chi connectivity index (χ4n) is 2.88. The van der Waals surface area contributed by atoms with Gasteiger partial charge in [-0.05, 0) is 53.4 Å². The van der Waals surface area contributed by atoms with Crippen molar-refractivity contribution in [1.82, 2.24) is 0 Å². The smallest absolute Gasteiger partial charge is 0.334 e. The summed E-state index contributed by atoms with van der Waals surface area (Å²) in [5.74, 6) is -1.53. The number of carboxylic acid groups (broad SMARTS) is 1.